The molecule has 0 N–H and O–H groups in total. The van der Waals surface area contributed by atoms with E-state index in [1.54, 1.807) is 0 Å². The van der Waals surface area contributed by atoms with Gasteiger partial charge in [-0.3, -0.25) is 0 Å². The quantitative estimate of drug-likeness (QED) is 0.476. The van der Waals surface area contributed by atoms with E-state index < -0.39 is 0 Å². The van der Waals surface area contributed by atoms with Gasteiger partial charge in [0.1, 0.15) is 0 Å². The molecule has 0 bridgehead atoms. The first-order valence-electron chi connectivity index (χ1n) is 4.26. The third-order valence-electron chi connectivity index (χ3n) is 1.91. The summed E-state index contributed by atoms with van der Waals surface area (Å²) < 4.78 is 0.789. The van der Waals surface area contributed by atoms with Gasteiger partial charge in [-0.1, -0.05) is 78.8 Å². The molecular weight excluding hydrogens is 362 g/mol. The Kier molecular flexibility index (Phi) is 6.79. The lowest BCUT2D eigenvalue weighted by Crippen LogP contribution is -2.13. The zero-order valence-corrected chi connectivity index (χ0v) is 12.0. The fraction of sp³-hybridized carbons (Fsp3) is 1.00. The highest BCUT2D eigenvalue weighted by Crippen LogP contribution is 2.33. The highest BCUT2D eigenvalue weighted by Gasteiger charge is 2.19. The van der Waals surface area contributed by atoms with Crippen molar-refractivity contribution >= 4 is 45.2 Å². The summed E-state index contributed by atoms with van der Waals surface area (Å²) in [6.45, 7) is 7.03. The first-order valence-corrected chi connectivity index (χ1v) is 6.75. The number of unbranched alkanes of at least 4 members (excludes halogenated alkanes) is 1. The minimum absolute atomic E-state index is 0.559. The van der Waals surface area contributed by atoms with E-state index in [-0.39, 0.29) is 0 Å². The zero-order valence-electron chi connectivity index (χ0n) is 7.66. The van der Waals surface area contributed by atoms with Crippen molar-refractivity contribution in [3.8, 4) is 0 Å². The van der Waals surface area contributed by atoms with Gasteiger partial charge in [-0.25, -0.2) is 0 Å². The molecule has 0 heterocycles. The van der Waals surface area contributed by atoms with Gasteiger partial charge in [-0.05, 0) is 18.3 Å². The maximum atomic E-state index is 2.51. The molecule has 0 amide bonds. The van der Waals surface area contributed by atoms with E-state index in [0.717, 1.165) is 1.93 Å². The lowest BCUT2D eigenvalue weighted by atomic mass is 9.85. The van der Waals surface area contributed by atoms with Gasteiger partial charge >= 0.3 is 0 Å². The van der Waals surface area contributed by atoms with Crippen LogP contribution in [0.15, 0.2) is 0 Å². The molecule has 0 saturated heterocycles. The highest BCUT2D eigenvalue weighted by molar-refractivity contribution is 14.2. The molecule has 0 aromatic rings. The summed E-state index contributed by atoms with van der Waals surface area (Å²) in [7, 11) is 0. The molecule has 0 aromatic heterocycles. The fourth-order valence-corrected chi connectivity index (χ4v) is 3.56. The van der Waals surface area contributed by atoms with E-state index in [0.29, 0.717) is 5.41 Å². The van der Waals surface area contributed by atoms with Crippen LogP contribution < -0.4 is 0 Å². The Balaban J connectivity index is 3.61. The van der Waals surface area contributed by atoms with Gasteiger partial charge in [0.25, 0.3) is 0 Å². The van der Waals surface area contributed by atoms with Crippen molar-refractivity contribution in [3.05, 3.63) is 0 Å². The average Bonchev–Trinajstić information content (AvgIpc) is 1.81. The average molecular weight is 380 g/mol. The molecule has 0 fully saturated rings. The largest absolute Gasteiger partial charge is 0.0710 e. The lowest BCUT2D eigenvalue weighted by molar-refractivity contribution is 0.314. The number of halogens is 2. The molecular formula is C9H18I2. The van der Waals surface area contributed by atoms with E-state index >= 15 is 0 Å². The van der Waals surface area contributed by atoms with Crippen molar-refractivity contribution in [2.45, 2.75) is 48.4 Å². The van der Waals surface area contributed by atoms with E-state index in [4.69, 9.17) is 0 Å². The van der Waals surface area contributed by atoms with E-state index in [1.807, 2.05) is 0 Å². The van der Waals surface area contributed by atoms with E-state index in [9.17, 15) is 0 Å². The molecule has 2 heteroatoms. The third kappa shape index (κ3) is 7.81. The second-order valence-electron chi connectivity index (χ2n) is 3.86. The van der Waals surface area contributed by atoms with Gasteiger partial charge in [-0.15, -0.1) is 0 Å². The summed E-state index contributed by atoms with van der Waals surface area (Å²) in [5, 5.41) is 0. The molecule has 11 heavy (non-hydrogen) atoms. The van der Waals surface area contributed by atoms with Crippen molar-refractivity contribution in [2.24, 2.45) is 5.41 Å². The number of hydrogen-bond donors (Lipinski definition) is 0. The molecule has 0 aliphatic rings. The van der Waals surface area contributed by atoms with Crippen LogP contribution in [0.1, 0.15) is 46.5 Å². The minimum atomic E-state index is 0.559. The number of alkyl halides is 2. The summed E-state index contributed by atoms with van der Waals surface area (Å²) in [5.74, 6) is 0. The first kappa shape index (κ1) is 12.5. The van der Waals surface area contributed by atoms with Gasteiger partial charge in [0, 0.05) is 0 Å². The van der Waals surface area contributed by atoms with Crippen molar-refractivity contribution in [2.75, 3.05) is 0 Å². The Labute approximate surface area is 98.2 Å². The Hall–Kier alpha value is 1.46. The molecule has 0 atom stereocenters. The molecule has 0 radical (unpaired) electrons. The van der Waals surface area contributed by atoms with Crippen LogP contribution >= 0.6 is 45.2 Å². The van der Waals surface area contributed by atoms with Crippen LogP contribution in [0.2, 0.25) is 0 Å². The molecule has 0 rings (SSSR count). The molecule has 0 aliphatic heterocycles. The molecule has 0 spiro atoms. The van der Waals surface area contributed by atoms with Crippen molar-refractivity contribution in [3.63, 3.8) is 0 Å². The standard InChI is InChI=1S/C9H18I2/c1-4-5-6-9(2,3)7-8(10)11/h8H,4-7H2,1-3H3. The van der Waals surface area contributed by atoms with Gasteiger partial charge in [0.05, 0.1) is 1.93 Å². The Morgan fingerprint density at radius 2 is 1.82 bits per heavy atom. The summed E-state index contributed by atoms with van der Waals surface area (Å²) in [6.07, 6.45) is 5.43. The molecule has 68 valence electrons. The molecule has 0 aromatic carbocycles. The fourth-order valence-electron chi connectivity index (χ4n) is 1.18. The molecule has 0 nitrogen and oxygen atoms in total. The lowest BCUT2D eigenvalue weighted by Gasteiger charge is -2.25. The number of rotatable bonds is 5. The monoisotopic (exact) mass is 380 g/mol. The van der Waals surface area contributed by atoms with Crippen molar-refractivity contribution in [1.29, 1.82) is 0 Å². The van der Waals surface area contributed by atoms with E-state index in [2.05, 4.69) is 66.0 Å². The topological polar surface area (TPSA) is 0 Å². The predicted molar refractivity (Wildman–Crippen MR) is 69.8 cm³/mol. The van der Waals surface area contributed by atoms with Crippen LogP contribution in [-0.4, -0.2) is 1.93 Å². The Morgan fingerprint density at radius 1 is 1.27 bits per heavy atom. The van der Waals surface area contributed by atoms with Gasteiger partial charge in [0.2, 0.25) is 0 Å². The molecule has 0 unspecified atom stereocenters. The maximum Gasteiger partial charge on any atom is 0.0631 e. The van der Waals surface area contributed by atoms with Crippen molar-refractivity contribution < 1.29 is 0 Å². The summed E-state index contributed by atoms with van der Waals surface area (Å²) >= 11 is 5.01. The first-order chi connectivity index (χ1) is 4.98. The maximum absolute atomic E-state index is 2.51. The summed E-state index contributed by atoms with van der Waals surface area (Å²) in [5.41, 5.74) is 0.559. The third-order valence-corrected chi connectivity index (χ3v) is 2.79. The number of hydrogen-bond acceptors (Lipinski definition) is 0. The second-order valence-corrected chi connectivity index (χ2v) is 9.25. The van der Waals surface area contributed by atoms with Gasteiger partial charge in [0.15, 0.2) is 0 Å². The Bertz CT molecular complexity index is 97.7. The van der Waals surface area contributed by atoms with Crippen LogP contribution in [0.4, 0.5) is 0 Å². The predicted octanol–water partition coefficient (Wildman–Crippen LogP) is 4.79. The highest BCUT2D eigenvalue weighted by atomic mass is 127. The van der Waals surface area contributed by atoms with Crippen LogP contribution in [0, 0.1) is 5.41 Å². The Morgan fingerprint density at radius 3 is 2.18 bits per heavy atom. The summed E-state index contributed by atoms with van der Waals surface area (Å²) in [4.78, 5) is 0. The van der Waals surface area contributed by atoms with Gasteiger partial charge < -0.3 is 0 Å². The smallest absolute Gasteiger partial charge is 0.0631 e. The normalized spacial score (nSPS) is 12.5. The SMILES string of the molecule is CCCCC(C)(C)CC(I)I. The van der Waals surface area contributed by atoms with Crippen molar-refractivity contribution in [1.82, 2.24) is 0 Å². The van der Waals surface area contributed by atoms with Crippen LogP contribution in [0.25, 0.3) is 0 Å². The van der Waals surface area contributed by atoms with E-state index in [1.165, 1.54) is 25.7 Å². The van der Waals surface area contributed by atoms with Gasteiger partial charge in [-0.2, -0.15) is 0 Å². The molecule has 0 aliphatic carbocycles. The summed E-state index contributed by atoms with van der Waals surface area (Å²) in [6, 6.07) is 0. The van der Waals surface area contributed by atoms with Crippen LogP contribution in [0.5, 0.6) is 0 Å². The van der Waals surface area contributed by atoms with Crippen LogP contribution in [-0.2, 0) is 0 Å². The minimum Gasteiger partial charge on any atom is -0.0710 e. The second kappa shape index (κ2) is 6.00. The van der Waals surface area contributed by atoms with Crippen LogP contribution in [0.3, 0.4) is 0 Å². The molecule has 0 saturated carbocycles. The zero-order chi connectivity index (χ0) is 8.91.